The molecule has 0 aromatic heterocycles. The van der Waals surface area contributed by atoms with E-state index in [0.29, 0.717) is 6.42 Å². The van der Waals surface area contributed by atoms with Gasteiger partial charge in [-0.25, -0.2) is 5.01 Å². The number of rotatable bonds is 4. The summed E-state index contributed by atoms with van der Waals surface area (Å²) < 4.78 is 0. The number of carbonyl (C=O) groups excluding carboxylic acids is 1. The lowest BCUT2D eigenvalue weighted by molar-refractivity contribution is -0.128. The van der Waals surface area contributed by atoms with Crippen molar-refractivity contribution in [3.05, 3.63) is 90.0 Å². The minimum atomic E-state index is -0.164. The molecule has 0 aliphatic carbocycles. The Morgan fingerprint density at radius 2 is 1.66 bits per heavy atom. The molecule has 2 atom stereocenters. The molecule has 0 bridgehead atoms. The van der Waals surface area contributed by atoms with Crippen LogP contribution in [-0.2, 0) is 17.6 Å². The Labute approximate surface area is 170 Å². The number of hydrazine groups is 1. The number of nitrogens with zero attached hydrogens (tertiary/aromatic N) is 2. The van der Waals surface area contributed by atoms with Gasteiger partial charge in [-0.2, -0.15) is 0 Å². The quantitative estimate of drug-likeness (QED) is 0.714. The molecule has 5 nitrogen and oxygen atoms in total. The van der Waals surface area contributed by atoms with Gasteiger partial charge in [-0.15, -0.1) is 0 Å². The molecule has 3 aromatic rings. The highest BCUT2D eigenvalue weighted by molar-refractivity contribution is 5.91. The molecule has 29 heavy (non-hydrogen) atoms. The van der Waals surface area contributed by atoms with Gasteiger partial charge in [0.25, 0.3) is 5.91 Å². The SMILES string of the molecule is O=C1C2CCc3ccccc3N2[C@@H](Cc2ccc(O)cc2)N1Nc1ccccc1. The molecular weight excluding hydrogens is 362 g/mol. The Balaban J connectivity index is 1.54. The molecule has 1 fully saturated rings. The molecule has 2 heterocycles. The van der Waals surface area contributed by atoms with Gasteiger partial charge in [-0.05, 0) is 54.3 Å². The number of para-hydroxylation sites is 2. The second-order valence-corrected chi connectivity index (χ2v) is 7.63. The van der Waals surface area contributed by atoms with Crippen LogP contribution in [0.3, 0.4) is 0 Å². The van der Waals surface area contributed by atoms with E-state index >= 15 is 0 Å². The van der Waals surface area contributed by atoms with E-state index in [9.17, 15) is 9.90 Å². The maximum atomic E-state index is 13.4. The largest absolute Gasteiger partial charge is 0.508 e. The molecule has 1 amide bonds. The maximum absolute atomic E-state index is 13.4. The predicted octanol–water partition coefficient (Wildman–Crippen LogP) is 3.95. The average molecular weight is 385 g/mol. The van der Waals surface area contributed by atoms with E-state index in [1.165, 1.54) is 5.56 Å². The fourth-order valence-electron chi connectivity index (χ4n) is 4.43. The Bertz CT molecular complexity index is 1020. The fourth-order valence-corrected chi connectivity index (χ4v) is 4.43. The number of nitrogens with one attached hydrogen (secondary N) is 1. The Hall–Kier alpha value is -3.47. The first-order valence-electron chi connectivity index (χ1n) is 9.99. The summed E-state index contributed by atoms with van der Waals surface area (Å²) in [5.41, 5.74) is 7.74. The van der Waals surface area contributed by atoms with Crippen LogP contribution in [0, 0.1) is 0 Å². The summed E-state index contributed by atoms with van der Waals surface area (Å²) in [7, 11) is 0. The minimum Gasteiger partial charge on any atom is -0.508 e. The van der Waals surface area contributed by atoms with Gasteiger partial charge in [-0.3, -0.25) is 10.2 Å². The number of phenolic OH excluding ortho intramolecular Hbond substituents is 1. The van der Waals surface area contributed by atoms with Crippen molar-refractivity contribution in [2.75, 3.05) is 10.3 Å². The van der Waals surface area contributed by atoms with Crippen LogP contribution >= 0.6 is 0 Å². The molecule has 146 valence electrons. The van der Waals surface area contributed by atoms with Gasteiger partial charge in [-0.1, -0.05) is 48.5 Å². The number of fused-ring (bicyclic) bond motifs is 3. The lowest BCUT2D eigenvalue weighted by Crippen LogP contribution is -2.46. The summed E-state index contributed by atoms with van der Waals surface area (Å²) in [6, 6.07) is 25.3. The topological polar surface area (TPSA) is 55.8 Å². The van der Waals surface area contributed by atoms with Crippen LogP contribution in [0.1, 0.15) is 17.5 Å². The highest BCUT2D eigenvalue weighted by Crippen LogP contribution is 2.39. The smallest absolute Gasteiger partial charge is 0.265 e. The molecule has 2 aliphatic rings. The Morgan fingerprint density at radius 3 is 2.45 bits per heavy atom. The molecule has 5 rings (SSSR count). The summed E-state index contributed by atoms with van der Waals surface area (Å²) in [5, 5.41) is 11.4. The molecule has 2 aliphatic heterocycles. The number of aryl methyl sites for hydroxylation is 1. The van der Waals surface area contributed by atoms with Crippen molar-refractivity contribution in [2.24, 2.45) is 0 Å². The van der Waals surface area contributed by atoms with Crippen molar-refractivity contribution in [3.63, 3.8) is 0 Å². The number of phenols is 1. The van der Waals surface area contributed by atoms with E-state index in [-0.39, 0.29) is 23.9 Å². The maximum Gasteiger partial charge on any atom is 0.265 e. The van der Waals surface area contributed by atoms with Crippen molar-refractivity contribution in [3.8, 4) is 5.75 Å². The first-order valence-corrected chi connectivity index (χ1v) is 9.99. The zero-order chi connectivity index (χ0) is 19.8. The van der Waals surface area contributed by atoms with Crippen molar-refractivity contribution < 1.29 is 9.90 Å². The third kappa shape index (κ3) is 3.18. The fraction of sp³-hybridized carbons (Fsp3) is 0.208. The number of hydrogen-bond donors (Lipinski definition) is 2. The number of benzene rings is 3. The molecule has 0 saturated carbocycles. The van der Waals surface area contributed by atoms with E-state index in [2.05, 4.69) is 28.5 Å². The predicted molar refractivity (Wildman–Crippen MR) is 114 cm³/mol. The highest BCUT2D eigenvalue weighted by atomic mass is 16.3. The van der Waals surface area contributed by atoms with E-state index in [0.717, 1.165) is 29.8 Å². The molecule has 3 aromatic carbocycles. The number of carbonyl (C=O) groups is 1. The average Bonchev–Trinajstić information content (AvgIpc) is 3.02. The van der Waals surface area contributed by atoms with Crippen molar-refractivity contribution in [1.82, 2.24) is 5.01 Å². The van der Waals surface area contributed by atoms with Crippen LogP contribution in [0.5, 0.6) is 5.75 Å². The molecule has 5 heteroatoms. The van der Waals surface area contributed by atoms with Gasteiger partial charge < -0.3 is 10.0 Å². The van der Waals surface area contributed by atoms with Gasteiger partial charge in [0.05, 0.1) is 5.69 Å². The van der Waals surface area contributed by atoms with Crippen molar-refractivity contribution in [1.29, 1.82) is 0 Å². The standard InChI is InChI=1S/C24H23N3O2/c28-20-13-10-17(11-14-20)16-23-26-21-9-5-4-6-18(21)12-15-22(26)24(29)27(23)25-19-7-2-1-3-8-19/h1-11,13-14,22-23,25,28H,12,15-16H2/t22?,23-/m1/s1. The first kappa shape index (κ1) is 17.6. The second-order valence-electron chi connectivity index (χ2n) is 7.63. The van der Waals surface area contributed by atoms with Crippen molar-refractivity contribution >= 4 is 17.3 Å². The summed E-state index contributed by atoms with van der Waals surface area (Å²) in [5.74, 6) is 0.351. The van der Waals surface area contributed by atoms with Crippen LogP contribution in [0.4, 0.5) is 11.4 Å². The van der Waals surface area contributed by atoms with E-state index in [1.54, 1.807) is 17.1 Å². The summed E-state index contributed by atoms with van der Waals surface area (Å²) in [6.45, 7) is 0. The number of aromatic hydroxyl groups is 1. The zero-order valence-corrected chi connectivity index (χ0v) is 16.0. The van der Waals surface area contributed by atoms with Gasteiger partial charge in [0.2, 0.25) is 0 Å². The van der Waals surface area contributed by atoms with Crippen LogP contribution < -0.4 is 10.3 Å². The summed E-state index contributed by atoms with van der Waals surface area (Å²) >= 11 is 0. The van der Waals surface area contributed by atoms with Gasteiger partial charge in [0.15, 0.2) is 0 Å². The molecule has 1 unspecified atom stereocenters. The Kier molecular flexibility index (Phi) is 4.35. The normalized spacial score (nSPS) is 20.3. The molecule has 0 spiro atoms. The van der Waals surface area contributed by atoms with Crippen LogP contribution in [0.25, 0.3) is 0 Å². The van der Waals surface area contributed by atoms with Crippen LogP contribution in [0.2, 0.25) is 0 Å². The van der Waals surface area contributed by atoms with Crippen LogP contribution in [-0.4, -0.2) is 28.2 Å². The van der Waals surface area contributed by atoms with E-state index < -0.39 is 0 Å². The van der Waals surface area contributed by atoms with Crippen molar-refractivity contribution in [2.45, 2.75) is 31.5 Å². The lowest BCUT2D eigenvalue weighted by Gasteiger charge is -2.37. The van der Waals surface area contributed by atoms with E-state index in [4.69, 9.17) is 0 Å². The Morgan fingerprint density at radius 1 is 0.931 bits per heavy atom. The number of hydrogen-bond acceptors (Lipinski definition) is 4. The zero-order valence-electron chi connectivity index (χ0n) is 16.0. The summed E-state index contributed by atoms with van der Waals surface area (Å²) in [6.07, 6.45) is 2.23. The van der Waals surface area contributed by atoms with Crippen LogP contribution in [0.15, 0.2) is 78.9 Å². The minimum absolute atomic E-state index is 0.104. The number of anilines is 2. The molecule has 2 N–H and O–H groups in total. The molecule has 0 radical (unpaired) electrons. The molecular formula is C24H23N3O2. The lowest BCUT2D eigenvalue weighted by atomic mass is 9.96. The number of amides is 1. The monoisotopic (exact) mass is 385 g/mol. The third-order valence-corrected chi connectivity index (χ3v) is 5.81. The van der Waals surface area contributed by atoms with E-state index in [1.807, 2.05) is 48.5 Å². The third-order valence-electron chi connectivity index (χ3n) is 5.81. The second kappa shape index (κ2) is 7.17. The highest BCUT2D eigenvalue weighted by Gasteiger charge is 2.48. The molecule has 1 saturated heterocycles. The first-order chi connectivity index (χ1) is 14.2. The van der Waals surface area contributed by atoms with Gasteiger partial charge in [0, 0.05) is 12.1 Å². The van der Waals surface area contributed by atoms with Gasteiger partial charge >= 0.3 is 0 Å². The van der Waals surface area contributed by atoms with Gasteiger partial charge in [0.1, 0.15) is 18.0 Å². The summed E-state index contributed by atoms with van der Waals surface area (Å²) in [4.78, 5) is 15.7.